The summed E-state index contributed by atoms with van der Waals surface area (Å²) in [7, 11) is 0. The van der Waals surface area contributed by atoms with E-state index in [1.165, 1.54) is 12.1 Å². The van der Waals surface area contributed by atoms with Gasteiger partial charge in [-0.1, -0.05) is 30.4 Å². The molecule has 140 valence electrons. The minimum absolute atomic E-state index is 0.176. The summed E-state index contributed by atoms with van der Waals surface area (Å²) < 4.78 is 13.1. The molecule has 4 rings (SSSR count). The Balaban J connectivity index is 1.39. The molecule has 1 aliphatic carbocycles. The second-order valence-electron chi connectivity index (χ2n) is 7.24. The molecule has 27 heavy (non-hydrogen) atoms. The summed E-state index contributed by atoms with van der Waals surface area (Å²) in [6.07, 6.45) is 7.63. The van der Waals surface area contributed by atoms with E-state index in [9.17, 15) is 18.8 Å². The van der Waals surface area contributed by atoms with Gasteiger partial charge in [-0.05, 0) is 42.5 Å². The van der Waals surface area contributed by atoms with Crippen molar-refractivity contribution in [3.8, 4) is 0 Å². The largest absolute Gasteiger partial charge is 0.337 e. The molecule has 0 aromatic heterocycles. The van der Waals surface area contributed by atoms with Gasteiger partial charge in [0, 0.05) is 13.1 Å². The quantitative estimate of drug-likeness (QED) is 0.608. The van der Waals surface area contributed by atoms with E-state index in [4.69, 9.17) is 0 Å². The first-order valence-corrected chi connectivity index (χ1v) is 9.27. The molecular formula is C21H21FN2O3. The number of amides is 3. The number of carbonyl (C=O) groups is 3. The van der Waals surface area contributed by atoms with Crippen LogP contribution in [0.1, 0.15) is 24.8 Å². The van der Waals surface area contributed by atoms with Crippen molar-refractivity contribution in [3.63, 3.8) is 0 Å². The highest BCUT2D eigenvalue weighted by Gasteiger charge is 2.47. The van der Waals surface area contributed by atoms with Gasteiger partial charge in [-0.3, -0.25) is 19.3 Å². The summed E-state index contributed by atoms with van der Waals surface area (Å²) >= 11 is 0. The molecule has 2 aliphatic heterocycles. The van der Waals surface area contributed by atoms with Gasteiger partial charge < -0.3 is 4.90 Å². The summed E-state index contributed by atoms with van der Waals surface area (Å²) in [5.41, 5.74) is 2.02. The van der Waals surface area contributed by atoms with Crippen LogP contribution in [0.5, 0.6) is 0 Å². The number of nitrogens with zero attached hydrogens (tertiary/aromatic N) is 2. The summed E-state index contributed by atoms with van der Waals surface area (Å²) in [6, 6.07) is 6.31. The molecule has 0 spiro atoms. The number of rotatable bonds is 3. The van der Waals surface area contributed by atoms with Gasteiger partial charge in [0.2, 0.25) is 17.7 Å². The molecule has 2 atom stereocenters. The molecule has 2 heterocycles. The van der Waals surface area contributed by atoms with E-state index in [0.717, 1.165) is 16.0 Å². The highest BCUT2D eigenvalue weighted by atomic mass is 19.1. The molecule has 3 aliphatic rings. The number of fused-ring (bicyclic) bond motifs is 1. The molecule has 0 saturated carbocycles. The van der Waals surface area contributed by atoms with E-state index < -0.39 is 0 Å². The van der Waals surface area contributed by atoms with Gasteiger partial charge in [0.05, 0.1) is 11.8 Å². The van der Waals surface area contributed by atoms with Gasteiger partial charge in [-0.15, -0.1) is 0 Å². The van der Waals surface area contributed by atoms with Crippen LogP contribution >= 0.6 is 0 Å². The normalized spacial score (nSPS) is 24.9. The van der Waals surface area contributed by atoms with E-state index in [-0.39, 0.29) is 41.9 Å². The van der Waals surface area contributed by atoms with Crippen LogP contribution < -0.4 is 0 Å². The van der Waals surface area contributed by atoms with E-state index >= 15 is 0 Å². The zero-order valence-electron chi connectivity index (χ0n) is 14.9. The van der Waals surface area contributed by atoms with Crippen molar-refractivity contribution < 1.29 is 18.8 Å². The Morgan fingerprint density at radius 3 is 2.22 bits per heavy atom. The summed E-state index contributed by atoms with van der Waals surface area (Å²) in [5, 5.41) is 0. The third-order valence-electron chi connectivity index (χ3n) is 5.67. The maximum absolute atomic E-state index is 13.1. The Bertz CT molecular complexity index is 817. The van der Waals surface area contributed by atoms with Crippen molar-refractivity contribution in [2.75, 3.05) is 19.6 Å². The lowest BCUT2D eigenvalue weighted by Gasteiger charge is -2.28. The van der Waals surface area contributed by atoms with Crippen molar-refractivity contribution in [1.82, 2.24) is 9.80 Å². The van der Waals surface area contributed by atoms with E-state index in [1.54, 1.807) is 17.0 Å². The van der Waals surface area contributed by atoms with Crippen LogP contribution in [0, 0.1) is 17.7 Å². The van der Waals surface area contributed by atoms with Crippen LogP contribution in [0.15, 0.2) is 42.5 Å². The lowest BCUT2D eigenvalue weighted by molar-refractivity contribution is -0.146. The Kier molecular flexibility index (Phi) is 4.64. The maximum Gasteiger partial charge on any atom is 0.243 e. The molecule has 0 unspecified atom stereocenters. The first-order chi connectivity index (χ1) is 13.0. The number of likely N-dealkylation sites (tertiary alicyclic amines) is 1. The van der Waals surface area contributed by atoms with Crippen LogP contribution in [0.3, 0.4) is 0 Å². The number of imide groups is 1. The average Bonchev–Trinajstić information content (AvgIpc) is 2.94. The molecule has 3 amide bonds. The van der Waals surface area contributed by atoms with Gasteiger partial charge in [0.15, 0.2) is 0 Å². The van der Waals surface area contributed by atoms with Gasteiger partial charge in [-0.25, -0.2) is 4.39 Å². The standard InChI is InChI=1S/C21H21FN2O3/c22-16-7-5-14(6-8-16)15-9-11-23(12-10-15)19(25)13-24-20(26)17-3-1-2-4-18(17)21(24)27/h1-2,5-9,17-18H,3-4,10-13H2/t17-,18+. The number of carbonyl (C=O) groups excluding carboxylic acids is 3. The summed E-state index contributed by atoms with van der Waals surface area (Å²) in [4.78, 5) is 40.4. The fraction of sp³-hybridized carbons (Fsp3) is 0.381. The van der Waals surface area contributed by atoms with Crippen molar-refractivity contribution in [1.29, 1.82) is 0 Å². The molecule has 6 heteroatoms. The lowest BCUT2D eigenvalue weighted by atomic mass is 9.85. The highest BCUT2D eigenvalue weighted by molar-refractivity contribution is 6.07. The predicted octanol–water partition coefficient (Wildman–Crippen LogP) is 2.39. The molecule has 1 fully saturated rings. The topological polar surface area (TPSA) is 57.7 Å². The Morgan fingerprint density at radius 2 is 1.67 bits per heavy atom. The average molecular weight is 368 g/mol. The minimum Gasteiger partial charge on any atom is -0.337 e. The first-order valence-electron chi connectivity index (χ1n) is 9.27. The molecule has 0 bridgehead atoms. The third-order valence-corrected chi connectivity index (χ3v) is 5.67. The Labute approximate surface area is 157 Å². The third kappa shape index (κ3) is 3.31. The number of hydrogen-bond acceptors (Lipinski definition) is 3. The maximum atomic E-state index is 13.1. The number of benzene rings is 1. The van der Waals surface area contributed by atoms with E-state index in [2.05, 4.69) is 0 Å². The van der Waals surface area contributed by atoms with Crippen molar-refractivity contribution in [2.45, 2.75) is 19.3 Å². The number of hydrogen-bond donors (Lipinski definition) is 0. The van der Waals surface area contributed by atoms with E-state index in [0.29, 0.717) is 32.4 Å². The smallest absolute Gasteiger partial charge is 0.243 e. The molecule has 1 aromatic rings. The summed E-state index contributed by atoms with van der Waals surface area (Å²) in [6.45, 7) is 0.771. The second-order valence-corrected chi connectivity index (χ2v) is 7.24. The van der Waals surface area contributed by atoms with Gasteiger partial charge in [0.1, 0.15) is 12.4 Å². The van der Waals surface area contributed by atoms with Crippen LogP contribution in [0.2, 0.25) is 0 Å². The fourth-order valence-corrected chi connectivity index (χ4v) is 4.08. The molecule has 0 radical (unpaired) electrons. The van der Waals surface area contributed by atoms with Crippen LogP contribution in [-0.2, 0) is 14.4 Å². The number of halogens is 1. The fourth-order valence-electron chi connectivity index (χ4n) is 4.08. The number of allylic oxidation sites excluding steroid dienone is 2. The predicted molar refractivity (Wildman–Crippen MR) is 97.6 cm³/mol. The lowest BCUT2D eigenvalue weighted by Crippen LogP contribution is -2.44. The van der Waals surface area contributed by atoms with Gasteiger partial charge >= 0.3 is 0 Å². The molecule has 1 saturated heterocycles. The van der Waals surface area contributed by atoms with Crippen LogP contribution in [0.25, 0.3) is 5.57 Å². The highest BCUT2D eigenvalue weighted by Crippen LogP contribution is 2.35. The molecule has 5 nitrogen and oxygen atoms in total. The molecular weight excluding hydrogens is 347 g/mol. The van der Waals surface area contributed by atoms with E-state index in [1.807, 2.05) is 18.2 Å². The van der Waals surface area contributed by atoms with Crippen molar-refractivity contribution in [3.05, 3.63) is 53.9 Å². The Hall–Kier alpha value is -2.76. The molecule has 1 aromatic carbocycles. The second kappa shape index (κ2) is 7.10. The minimum atomic E-state index is -0.304. The zero-order valence-corrected chi connectivity index (χ0v) is 14.9. The zero-order chi connectivity index (χ0) is 19.0. The van der Waals surface area contributed by atoms with Crippen LogP contribution in [0.4, 0.5) is 4.39 Å². The van der Waals surface area contributed by atoms with Gasteiger partial charge in [0.25, 0.3) is 0 Å². The van der Waals surface area contributed by atoms with Crippen LogP contribution in [-0.4, -0.2) is 47.2 Å². The monoisotopic (exact) mass is 368 g/mol. The SMILES string of the molecule is O=C(CN1C(=O)[C@H]2CC=CC[C@H]2C1=O)N1CC=C(c2ccc(F)cc2)CC1. The molecule has 0 N–H and O–H groups in total. The Morgan fingerprint density at radius 1 is 1.04 bits per heavy atom. The first kappa shape index (κ1) is 17.6. The van der Waals surface area contributed by atoms with Crippen molar-refractivity contribution >= 4 is 23.3 Å². The van der Waals surface area contributed by atoms with Gasteiger partial charge in [-0.2, -0.15) is 0 Å². The summed E-state index contributed by atoms with van der Waals surface area (Å²) in [5.74, 6) is -1.53. The van der Waals surface area contributed by atoms with Crippen molar-refractivity contribution in [2.24, 2.45) is 11.8 Å².